The molecule has 0 bridgehead atoms. The SMILES string of the molecule is Cc1ccc(CNCCC2CCOC2)cc1. The van der Waals surface area contributed by atoms with Gasteiger partial charge in [0.05, 0.1) is 0 Å². The second-order valence-electron chi connectivity index (χ2n) is 4.68. The Balaban J connectivity index is 1.62. The first kappa shape index (κ1) is 11.6. The highest BCUT2D eigenvalue weighted by molar-refractivity contribution is 5.20. The van der Waals surface area contributed by atoms with Crippen LogP contribution in [0.15, 0.2) is 24.3 Å². The molecule has 1 atom stereocenters. The topological polar surface area (TPSA) is 21.3 Å². The van der Waals surface area contributed by atoms with Crippen LogP contribution in [0.3, 0.4) is 0 Å². The maximum atomic E-state index is 5.36. The van der Waals surface area contributed by atoms with E-state index in [0.717, 1.165) is 32.2 Å². The minimum atomic E-state index is 0.783. The number of hydrogen-bond acceptors (Lipinski definition) is 2. The first-order chi connectivity index (χ1) is 7.84. The van der Waals surface area contributed by atoms with Gasteiger partial charge in [-0.3, -0.25) is 0 Å². The molecule has 2 nitrogen and oxygen atoms in total. The summed E-state index contributed by atoms with van der Waals surface area (Å²) in [5, 5.41) is 3.49. The second kappa shape index (κ2) is 6.02. The van der Waals surface area contributed by atoms with Crippen LogP contribution in [0.4, 0.5) is 0 Å². The third kappa shape index (κ3) is 3.62. The molecule has 0 amide bonds. The number of rotatable bonds is 5. The van der Waals surface area contributed by atoms with Gasteiger partial charge in [0.1, 0.15) is 0 Å². The van der Waals surface area contributed by atoms with Gasteiger partial charge in [-0.2, -0.15) is 0 Å². The maximum Gasteiger partial charge on any atom is 0.0495 e. The fraction of sp³-hybridized carbons (Fsp3) is 0.571. The largest absolute Gasteiger partial charge is 0.381 e. The van der Waals surface area contributed by atoms with E-state index >= 15 is 0 Å². The highest BCUT2D eigenvalue weighted by atomic mass is 16.5. The minimum absolute atomic E-state index is 0.783. The van der Waals surface area contributed by atoms with Crippen LogP contribution in [-0.2, 0) is 11.3 Å². The average Bonchev–Trinajstić information content (AvgIpc) is 2.80. The van der Waals surface area contributed by atoms with E-state index in [0.29, 0.717) is 0 Å². The Morgan fingerprint density at radius 3 is 2.81 bits per heavy atom. The molecule has 0 aromatic heterocycles. The molecule has 1 aromatic carbocycles. The van der Waals surface area contributed by atoms with Gasteiger partial charge in [0, 0.05) is 19.8 Å². The van der Waals surface area contributed by atoms with Crippen LogP contribution in [0.5, 0.6) is 0 Å². The smallest absolute Gasteiger partial charge is 0.0495 e. The highest BCUT2D eigenvalue weighted by Crippen LogP contribution is 2.15. The summed E-state index contributed by atoms with van der Waals surface area (Å²) < 4.78 is 5.36. The molecule has 1 saturated heterocycles. The lowest BCUT2D eigenvalue weighted by Crippen LogP contribution is -2.17. The van der Waals surface area contributed by atoms with Crippen molar-refractivity contribution in [3.05, 3.63) is 35.4 Å². The zero-order chi connectivity index (χ0) is 11.2. The molecule has 0 radical (unpaired) electrons. The molecule has 1 N–H and O–H groups in total. The number of benzene rings is 1. The highest BCUT2D eigenvalue weighted by Gasteiger charge is 2.14. The predicted molar refractivity (Wildman–Crippen MR) is 66.4 cm³/mol. The van der Waals surface area contributed by atoms with E-state index < -0.39 is 0 Å². The molecule has 0 aliphatic carbocycles. The Kier molecular flexibility index (Phi) is 4.37. The molecular formula is C14H21NO. The number of ether oxygens (including phenoxy) is 1. The summed E-state index contributed by atoms with van der Waals surface area (Å²) in [6, 6.07) is 8.73. The van der Waals surface area contributed by atoms with Gasteiger partial charge in [0.15, 0.2) is 0 Å². The zero-order valence-corrected chi connectivity index (χ0v) is 10.0. The van der Waals surface area contributed by atoms with Crippen LogP contribution in [0.25, 0.3) is 0 Å². The van der Waals surface area contributed by atoms with Gasteiger partial charge in [-0.1, -0.05) is 29.8 Å². The standard InChI is InChI=1S/C14H21NO/c1-12-2-4-13(5-3-12)10-15-8-6-14-7-9-16-11-14/h2-5,14-15H,6-11H2,1H3. The van der Waals surface area contributed by atoms with Gasteiger partial charge in [-0.05, 0) is 37.8 Å². The summed E-state index contributed by atoms with van der Waals surface area (Å²) in [4.78, 5) is 0. The van der Waals surface area contributed by atoms with Crippen LogP contribution in [0.1, 0.15) is 24.0 Å². The summed E-state index contributed by atoms with van der Waals surface area (Å²) in [5.74, 6) is 0.783. The number of nitrogens with one attached hydrogen (secondary N) is 1. The van der Waals surface area contributed by atoms with Gasteiger partial charge in [-0.15, -0.1) is 0 Å². The first-order valence-electron chi connectivity index (χ1n) is 6.18. The molecule has 1 fully saturated rings. The number of aryl methyl sites for hydroxylation is 1. The Morgan fingerprint density at radius 2 is 2.12 bits per heavy atom. The van der Waals surface area contributed by atoms with Gasteiger partial charge in [0.2, 0.25) is 0 Å². The van der Waals surface area contributed by atoms with Crippen molar-refractivity contribution in [1.82, 2.24) is 5.32 Å². The van der Waals surface area contributed by atoms with Crippen molar-refractivity contribution in [1.29, 1.82) is 0 Å². The second-order valence-corrected chi connectivity index (χ2v) is 4.68. The van der Waals surface area contributed by atoms with Crippen molar-refractivity contribution in [2.75, 3.05) is 19.8 Å². The molecule has 2 heteroatoms. The Hall–Kier alpha value is -0.860. The third-order valence-electron chi connectivity index (χ3n) is 3.20. The van der Waals surface area contributed by atoms with E-state index in [-0.39, 0.29) is 0 Å². The van der Waals surface area contributed by atoms with Gasteiger partial charge < -0.3 is 10.1 Å². The van der Waals surface area contributed by atoms with Gasteiger partial charge in [-0.25, -0.2) is 0 Å². The molecular weight excluding hydrogens is 198 g/mol. The summed E-state index contributed by atoms with van der Waals surface area (Å²) in [6.07, 6.45) is 2.48. The quantitative estimate of drug-likeness (QED) is 0.768. The molecule has 1 aliphatic heterocycles. The predicted octanol–water partition coefficient (Wildman–Crippen LogP) is 2.51. The van der Waals surface area contributed by atoms with E-state index in [4.69, 9.17) is 4.74 Å². The van der Waals surface area contributed by atoms with Crippen molar-refractivity contribution in [2.24, 2.45) is 5.92 Å². The van der Waals surface area contributed by atoms with E-state index in [1.807, 2.05) is 0 Å². The minimum Gasteiger partial charge on any atom is -0.381 e. The molecule has 1 aliphatic rings. The van der Waals surface area contributed by atoms with Crippen LogP contribution in [0, 0.1) is 12.8 Å². The molecule has 1 unspecified atom stereocenters. The molecule has 0 saturated carbocycles. The number of hydrogen-bond donors (Lipinski definition) is 1. The van der Waals surface area contributed by atoms with E-state index in [9.17, 15) is 0 Å². The van der Waals surface area contributed by atoms with Crippen molar-refractivity contribution in [3.63, 3.8) is 0 Å². The Morgan fingerprint density at radius 1 is 1.31 bits per heavy atom. The third-order valence-corrected chi connectivity index (χ3v) is 3.20. The van der Waals surface area contributed by atoms with Gasteiger partial charge in [0.25, 0.3) is 0 Å². The van der Waals surface area contributed by atoms with Crippen molar-refractivity contribution in [2.45, 2.75) is 26.3 Å². The molecule has 16 heavy (non-hydrogen) atoms. The van der Waals surface area contributed by atoms with E-state index in [1.54, 1.807) is 0 Å². The molecule has 2 rings (SSSR count). The molecule has 1 heterocycles. The lowest BCUT2D eigenvalue weighted by Gasteiger charge is -2.08. The Labute approximate surface area is 98.0 Å². The summed E-state index contributed by atoms with van der Waals surface area (Å²) >= 11 is 0. The van der Waals surface area contributed by atoms with Crippen LogP contribution in [0.2, 0.25) is 0 Å². The van der Waals surface area contributed by atoms with Gasteiger partial charge >= 0.3 is 0 Å². The lowest BCUT2D eigenvalue weighted by atomic mass is 10.1. The van der Waals surface area contributed by atoms with Crippen LogP contribution >= 0.6 is 0 Å². The average molecular weight is 219 g/mol. The fourth-order valence-corrected chi connectivity index (χ4v) is 2.06. The molecule has 88 valence electrons. The van der Waals surface area contributed by atoms with E-state index in [1.165, 1.54) is 24.0 Å². The monoisotopic (exact) mass is 219 g/mol. The lowest BCUT2D eigenvalue weighted by molar-refractivity contribution is 0.184. The normalized spacial score (nSPS) is 20.2. The molecule has 1 aromatic rings. The van der Waals surface area contributed by atoms with Crippen LogP contribution in [-0.4, -0.2) is 19.8 Å². The summed E-state index contributed by atoms with van der Waals surface area (Å²) in [5.41, 5.74) is 2.69. The van der Waals surface area contributed by atoms with Crippen molar-refractivity contribution < 1.29 is 4.74 Å². The Bertz CT molecular complexity index is 301. The first-order valence-corrected chi connectivity index (χ1v) is 6.18. The summed E-state index contributed by atoms with van der Waals surface area (Å²) in [7, 11) is 0. The van der Waals surface area contributed by atoms with Crippen molar-refractivity contribution in [3.8, 4) is 0 Å². The van der Waals surface area contributed by atoms with E-state index in [2.05, 4.69) is 36.5 Å². The van der Waals surface area contributed by atoms with Crippen molar-refractivity contribution >= 4 is 0 Å². The maximum absolute atomic E-state index is 5.36. The molecule has 0 spiro atoms. The fourth-order valence-electron chi connectivity index (χ4n) is 2.06. The van der Waals surface area contributed by atoms with Crippen LogP contribution < -0.4 is 5.32 Å². The summed E-state index contributed by atoms with van der Waals surface area (Å²) in [6.45, 7) is 6.13. The zero-order valence-electron chi connectivity index (χ0n) is 10.0.